The van der Waals surface area contributed by atoms with Crippen molar-refractivity contribution in [1.29, 1.82) is 0 Å². The third-order valence-electron chi connectivity index (χ3n) is 3.46. The number of amides is 1. The summed E-state index contributed by atoms with van der Waals surface area (Å²) >= 11 is 0. The maximum absolute atomic E-state index is 12.2. The molecule has 1 amide bonds. The van der Waals surface area contributed by atoms with Crippen LogP contribution in [0.1, 0.15) is 22.8 Å². The fourth-order valence-electron chi connectivity index (χ4n) is 2.36. The molecule has 114 valence electrons. The Bertz CT molecular complexity index is 876. The van der Waals surface area contributed by atoms with E-state index in [4.69, 9.17) is 0 Å². The largest absolute Gasteiger partial charge is 0.360 e. The van der Waals surface area contributed by atoms with Gasteiger partial charge in [-0.15, -0.1) is 0 Å². The Morgan fingerprint density at radius 3 is 2.65 bits per heavy atom. The Morgan fingerprint density at radius 1 is 1.09 bits per heavy atom. The number of hydrogen-bond donors (Lipinski definition) is 2. The lowest BCUT2D eigenvalue weighted by Crippen LogP contribution is -2.17. The number of nitrogens with zero attached hydrogens (tertiary/aromatic N) is 1. The minimum absolute atomic E-state index is 0.230. The summed E-state index contributed by atoms with van der Waals surface area (Å²) in [6.07, 6.45) is 5.34. The number of hydrogen-bond acceptors (Lipinski definition) is 2. The van der Waals surface area contributed by atoms with Crippen molar-refractivity contribution in [3.8, 4) is 0 Å². The number of benzene rings is 2. The highest BCUT2D eigenvalue weighted by atomic mass is 16.2. The molecule has 0 atom stereocenters. The number of carbonyl (C=O) groups excluding carboxylic acids is 1. The number of para-hydroxylation sites is 1. The summed E-state index contributed by atoms with van der Waals surface area (Å²) in [4.78, 5) is 15.3. The first-order chi connectivity index (χ1) is 11.2. The number of H-pyrrole nitrogens is 1. The number of allylic oxidation sites excluding steroid dienone is 1. The van der Waals surface area contributed by atoms with E-state index in [-0.39, 0.29) is 5.91 Å². The lowest BCUT2D eigenvalue weighted by molar-refractivity contribution is 0.0957. The summed E-state index contributed by atoms with van der Waals surface area (Å²) in [5.41, 5.74) is 6.13. The van der Waals surface area contributed by atoms with Crippen molar-refractivity contribution in [3.63, 3.8) is 0 Å². The van der Waals surface area contributed by atoms with Crippen LogP contribution in [0.3, 0.4) is 0 Å². The molecule has 0 aliphatic heterocycles. The summed E-state index contributed by atoms with van der Waals surface area (Å²) in [6.45, 7) is 1.94. The quantitative estimate of drug-likeness (QED) is 0.556. The first-order valence-electron chi connectivity index (χ1n) is 7.37. The van der Waals surface area contributed by atoms with E-state index in [0.29, 0.717) is 5.56 Å². The van der Waals surface area contributed by atoms with Gasteiger partial charge < -0.3 is 4.98 Å². The van der Waals surface area contributed by atoms with Crippen LogP contribution in [0.5, 0.6) is 0 Å². The molecule has 4 nitrogen and oxygen atoms in total. The molecular weight excluding hydrogens is 286 g/mol. The van der Waals surface area contributed by atoms with Crippen LogP contribution in [-0.4, -0.2) is 17.1 Å². The van der Waals surface area contributed by atoms with Crippen LogP contribution >= 0.6 is 0 Å². The highest BCUT2D eigenvalue weighted by molar-refractivity contribution is 6.06. The molecule has 3 rings (SSSR count). The SMILES string of the molecule is CC(C=NNC(=O)c1c[nH]c2ccccc12)=Cc1ccccc1. The molecule has 3 aromatic rings. The molecule has 0 bridgehead atoms. The van der Waals surface area contributed by atoms with Crippen LogP contribution in [0.2, 0.25) is 0 Å². The van der Waals surface area contributed by atoms with Crippen molar-refractivity contribution in [3.05, 3.63) is 77.5 Å². The predicted molar refractivity (Wildman–Crippen MR) is 94.3 cm³/mol. The lowest BCUT2D eigenvalue weighted by Gasteiger charge is -1.98. The summed E-state index contributed by atoms with van der Waals surface area (Å²) < 4.78 is 0. The molecule has 0 fully saturated rings. The van der Waals surface area contributed by atoms with Crippen LogP contribution in [0.4, 0.5) is 0 Å². The van der Waals surface area contributed by atoms with Gasteiger partial charge in [0.15, 0.2) is 0 Å². The van der Waals surface area contributed by atoms with Gasteiger partial charge >= 0.3 is 0 Å². The van der Waals surface area contributed by atoms with Crippen molar-refractivity contribution in [2.75, 3.05) is 0 Å². The summed E-state index contributed by atoms with van der Waals surface area (Å²) in [6, 6.07) is 17.6. The van der Waals surface area contributed by atoms with Crippen molar-refractivity contribution in [2.24, 2.45) is 5.10 Å². The van der Waals surface area contributed by atoms with Gasteiger partial charge in [-0.3, -0.25) is 4.79 Å². The number of aromatic nitrogens is 1. The van der Waals surface area contributed by atoms with E-state index in [2.05, 4.69) is 15.5 Å². The molecular formula is C19H17N3O. The van der Waals surface area contributed by atoms with Gasteiger partial charge in [0, 0.05) is 17.1 Å². The number of carbonyl (C=O) groups is 1. The Kier molecular flexibility index (Phi) is 4.34. The van der Waals surface area contributed by atoms with Gasteiger partial charge in [0.2, 0.25) is 0 Å². The number of aromatic amines is 1. The lowest BCUT2D eigenvalue weighted by atomic mass is 10.1. The van der Waals surface area contributed by atoms with E-state index >= 15 is 0 Å². The molecule has 0 radical (unpaired) electrons. The highest BCUT2D eigenvalue weighted by Gasteiger charge is 2.10. The van der Waals surface area contributed by atoms with E-state index in [1.54, 1.807) is 12.4 Å². The zero-order chi connectivity index (χ0) is 16.1. The van der Waals surface area contributed by atoms with Crippen LogP contribution < -0.4 is 5.43 Å². The normalized spacial score (nSPS) is 12.0. The maximum atomic E-state index is 12.2. The summed E-state index contributed by atoms with van der Waals surface area (Å²) in [5.74, 6) is -0.230. The minimum Gasteiger partial charge on any atom is -0.360 e. The van der Waals surface area contributed by atoms with Gasteiger partial charge in [0.1, 0.15) is 0 Å². The second kappa shape index (κ2) is 6.75. The fraction of sp³-hybridized carbons (Fsp3) is 0.0526. The van der Waals surface area contributed by atoms with Gasteiger partial charge in [-0.25, -0.2) is 5.43 Å². The van der Waals surface area contributed by atoms with Gasteiger partial charge in [-0.1, -0.05) is 54.6 Å². The van der Waals surface area contributed by atoms with E-state index in [9.17, 15) is 4.79 Å². The first-order valence-corrected chi connectivity index (χ1v) is 7.37. The van der Waals surface area contributed by atoms with E-state index < -0.39 is 0 Å². The maximum Gasteiger partial charge on any atom is 0.273 e. The molecule has 0 aliphatic rings. The van der Waals surface area contributed by atoms with Gasteiger partial charge in [0.25, 0.3) is 5.91 Å². The summed E-state index contributed by atoms with van der Waals surface area (Å²) in [7, 11) is 0. The Morgan fingerprint density at radius 2 is 1.83 bits per heavy atom. The van der Waals surface area contributed by atoms with Gasteiger partial charge in [-0.05, 0) is 24.1 Å². The third kappa shape index (κ3) is 3.55. The van der Waals surface area contributed by atoms with Gasteiger partial charge in [0.05, 0.1) is 11.8 Å². The Balaban J connectivity index is 1.68. The Hall–Kier alpha value is -3.14. The molecule has 0 saturated carbocycles. The molecule has 0 saturated heterocycles. The summed E-state index contributed by atoms with van der Waals surface area (Å²) in [5, 5.41) is 4.91. The number of rotatable bonds is 4. The van der Waals surface area contributed by atoms with E-state index in [1.807, 2.05) is 67.6 Å². The first kappa shape index (κ1) is 14.8. The second-order valence-electron chi connectivity index (χ2n) is 5.25. The number of nitrogens with one attached hydrogen (secondary N) is 2. The standard InChI is InChI=1S/C19H17N3O/c1-14(11-15-7-3-2-4-8-15)12-21-22-19(23)17-13-20-18-10-6-5-9-16(17)18/h2-13,20H,1H3,(H,22,23). The molecule has 0 aliphatic carbocycles. The Labute approximate surface area is 134 Å². The van der Waals surface area contributed by atoms with Crippen LogP contribution in [0, 0.1) is 0 Å². The highest BCUT2D eigenvalue weighted by Crippen LogP contribution is 2.17. The average Bonchev–Trinajstić information content (AvgIpc) is 3.00. The topological polar surface area (TPSA) is 57.2 Å². The molecule has 23 heavy (non-hydrogen) atoms. The smallest absolute Gasteiger partial charge is 0.273 e. The molecule has 1 heterocycles. The predicted octanol–water partition coefficient (Wildman–Crippen LogP) is 3.99. The van der Waals surface area contributed by atoms with Crippen LogP contribution in [0.25, 0.3) is 17.0 Å². The second-order valence-corrected chi connectivity index (χ2v) is 5.25. The third-order valence-corrected chi connectivity index (χ3v) is 3.46. The zero-order valence-electron chi connectivity index (χ0n) is 12.8. The minimum atomic E-state index is -0.230. The van der Waals surface area contributed by atoms with Crippen LogP contribution in [0.15, 0.2) is 71.5 Å². The number of hydrazone groups is 1. The van der Waals surface area contributed by atoms with Gasteiger partial charge in [-0.2, -0.15) is 5.10 Å². The molecule has 2 N–H and O–H groups in total. The van der Waals surface area contributed by atoms with Crippen molar-refractivity contribution in [2.45, 2.75) is 6.92 Å². The molecule has 0 spiro atoms. The molecule has 4 heteroatoms. The van der Waals surface area contributed by atoms with E-state index in [1.165, 1.54) is 0 Å². The molecule has 0 unspecified atom stereocenters. The van der Waals surface area contributed by atoms with Crippen molar-refractivity contribution in [1.82, 2.24) is 10.4 Å². The monoisotopic (exact) mass is 303 g/mol. The zero-order valence-corrected chi connectivity index (χ0v) is 12.8. The van der Waals surface area contributed by atoms with Crippen molar-refractivity contribution >= 4 is 29.1 Å². The fourth-order valence-corrected chi connectivity index (χ4v) is 2.36. The van der Waals surface area contributed by atoms with E-state index in [0.717, 1.165) is 22.0 Å². The number of fused-ring (bicyclic) bond motifs is 1. The van der Waals surface area contributed by atoms with Crippen molar-refractivity contribution < 1.29 is 4.79 Å². The average molecular weight is 303 g/mol. The van der Waals surface area contributed by atoms with Crippen LogP contribution in [-0.2, 0) is 0 Å². The molecule has 1 aromatic heterocycles. The molecule has 2 aromatic carbocycles.